The number of hydrogen-bond donors (Lipinski definition) is 2. The zero-order chi connectivity index (χ0) is 24.6. The number of nitrogens with one attached hydrogen (secondary N) is 2. The summed E-state index contributed by atoms with van der Waals surface area (Å²) >= 11 is 0. The van der Waals surface area contributed by atoms with Gasteiger partial charge >= 0.3 is 0 Å². The lowest BCUT2D eigenvalue weighted by Crippen LogP contribution is -2.27. The number of hydrogen-bond acceptors (Lipinski definition) is 6. The molecule has 0 saturated heterocycles. The van der Waals surface area contributed by atoms with E-state index in [4.69, 9.17) is 4.74 Å². The average Bonchev–Trinajstić information content (AvgIpc) is 2.89. The Hall–Kier alpha value is -4.59. The molecule has 0 fully saturated rings. The molecule has 0 saturated carbocycles. The Balaban J connectivity index is 1.35. The number of carbonyl (C=O) groups excluding carboxylic acids is 2. The number of nitrogens with zero attached hydrogens (tertiary/aromatic N) is 3. The lowest BCUT2D eigenvalue weighted by Gasteiger charge is -2.10. The maximum atomic E-state index is 12.7. The third-order valence-corrected chi connectivity index (χ3v) is 5.28. The Morgan fingerprint density at radius 3 is 2.49 bits per heavy atom. The third-order valence-electron chi connectivity index (χ3n) is 5.28. The number of carbonyl (C=O) groups is 2. The van der Waals surface area contributed by atoms with Gasteiger partial charge in [0.15, 0.2) is 5.82 Å². The van der Waals surface area contributed by atoms with E-state index < -0.39 is 0 Å². The van der Waals surface area contributed by atoms with E-state index in [-0.39, 0.29) is 17.5 Å². The van der Waals surface area contributed by atoms with E-state index in [2.05, 4.69) is 25.6 Å². The fraction of sp³-hybridized carbons (Fsp3) is 0.148. The van der Waals surface area contributed by atoms with Crippen molar-refractivity contribution in [3.8, 4) is 22.9 Å². The summed E-state index contributed by atoms with van der Waals surface area (Å²) in [4.78, 5) is 37.3. The second-order valence-corrected chi connectivity index (χ2v) is 7.77. The van der Waals surface area contributed by atoms with Crippen molar-refractivity contribution in [2.24, 2.45) is 0 Å². The van der Waals surface area contributed by atoms with E-state index in [0.29, 0.717) is 41.5 Å². The molecule has 8 heteroatoms. The lowest BCUT2D eigenvalue weighted by molar-refractivity contribution is 0.0946. The minimum atomic E-state index is -0.282. The average molecular weight is 468 g/mol. The SMILES string of the molecule is CNC(=O)c1cc(Oc2cccc(CCNC(=O)c3cnc(-c4ccccc4)nc3C)c2)ccn1. The van der Waals surface area contributed by atoms with Crippen molar-refractivity contribution in [1.29, 1.82) is 0 Å². The smallest absolute Gasteiger partial charge is 0.269 e. The van der Waals surface area contributed by atoms with Gasteiger partial charge in [0, 0.05) is 37.6 Å². The third kappa shape index (κ3) is 6.05. The Morgan fingerprint density at radius 1 is 0.914 bits per heavy atom. The zero-order valence-electron chi connectivity index (χ0n) is 19.5. The molecule has 0 aliphatic carbocycles. The van der Waals surface area contributed by atoms with Crippen molar-refractivity contribution >= 4 is 11.8 Å². The van der Waals surface area contributed by atoms with Gasteiger partial charge in [-0.2, -0.15) is 0 Å². The highest BCUT2D eigenvalue weighted by atomic mass is 16.5. The fourth-order valence-electron chi connectivity index (χ4n) is 3.46. The fourth-order valence-corrected chi connectivity index (χ4v) is 3.46. The standard InChI is InChI=1S/C27H25N5O3/c1-18-23(17-31-25(32-18)20-8-4-3-5-9-20)26(33)30-13-11-19-7-6-10-21(15-19)35-22-12-14-29-24(16-22)27(34)28-2/h3-10,12,14-17H,11,13H2,1-2H3,(H,28,34)(H,30,33). The number of benzene rings is 2. The predicted molar refractivity (Wildman–Crippen MR) is 132 cm³/mol. The van der Waals surface area contributed by atoms with Gasteiger partial charge in [-0.1, -0.05) is 42.5 Å². The highest BCUT2D eigenvalue weighted by Gasteiger charge is 2.12. The second-order valence-electron chi connectivity index (χ2n) is 7.77. The van der Waals surface area contributed by atoms with E-state index in [0.717, 1.165) is 11.1 Å². The normalized spacial score (nSPS) is 10.5. The summed E-state index contributed by atoms with van der Waals surface area (Å²) in [6.45, 7) is 2.25. The minimum absolute atomic E-state index is 0.215. The summed E-state index contributed by atoms with van der Waals surface area (Å²) in [5, 5.41) is 5.47. The van der Waals surface area contributed by atoms with Crippen molar-refractivity contribution in [3.05, 3.63) is 102 Å². The molecule has 2 N–H and O–H groups in total. The first-order valence-corrected chi connectivity index (χ1v) is 11.2. The van der Waals surface area contributed by atoms with E-state index >= 15 is 0 Å². The number of aromatic nitrogens is 3. The lowest BCUT2D eigenvalue weighted by atomic mass is 10.1. The van der Waals surface area contributed by atoms with Crippen LogP contribution in [0, 0.1) is 6.92 Å². The first-order chi connectivity index (χ1) is 17.0. The second kappa shape index (κ2) is 11.0. The number of rotatable bonds is 8. The number of pyridine rings is 1. The van der Waals surface area contributed by atoms with E-state index in [9.17, 15) is 9.59 Å². The van der Waals surface area contributed by atoms with Crippen LogP contribution in [0.1, 0.15) is 32.1 Å². The summed E-state index contributed by atoms with van der Waals surface area (Å²) in [7, 11) is 1.55. The van der Waals surface area contributed by atoms with Gasteiger partial charge in [0.25, 0.3) is 11.8 Å². The molecule has 2 amide bonds. The van der Waals surface area contributed by atoms with Crippen LogP contribution in [0.3, 0.4) is 0 Å². The molecule has 4 rings (SSSR count). The largest absolute Gasteiger partial charge is 0.457 e. The van der Waals surface area contributed by atoms with Crippen molar-refractivity contribution in [1.82, 2.24) is 25.6 Å². The molecule has 176 valence electrons. The first-order valence-electron chi connectivity index (χ1n) is 11.2. The topological polar surface area (TPSA) is 106 Å². The molecular weight excluding hydrogens is 442 g/mol. The molecule has 0 aliphatic heterocycles. The van der Waals surface area contributed by atoms with Gasteiger partial charge in [0.1, 0.15) is 17.2 Å². The Labute approximate surface area is 203 Å². The van der Waals surface area contributed by atoms with Crippen LogP contribution in [-0.4, -0.2) is 40.4 Å². The molecule has 0 unspecified atom stereocenters. The molecule has 2 aromatic carbocycles. The maximum absolute atomic E-state index is 12.7. The van der Waals surface area contributed by atoms with Crippen LogP contribution in [0.5, 0.6) is 11.5 Å². The van der Waals surface area contributed by atoms with Crippen LogP contribution in [0.2, 0.25) is 0 Å². The van der Waals surface area contributed by atoms with Gasteiger partial charge < -0.3 is 15.4 Å². The molecule has 0 spiro atoms. The van der Waals surface area contributed by atoms with E-state index in [1.165, 1.54) is 6.20 Å². The Kier molecular flexibility index (Phi) is 7.42. The molecule has 2 aromatic heterocycles. The molecular formula is C27H25N5O3. The first kappa shape index (κ1) is 23.6. The molecule has 8 nitrogen and oxygen atoms in total. The van der Waals surface area contributed by atoms with Crippen LogP contribution in [-0.2, 0) is 6.42 Å². The Bertz CT molecular complexity index is 1340. The van der Waals surface area contributed by atoms with Crippen LogP contribution < -0.4 is 15.4 Å². The van der Waals surface area contributed by atoms with Crippen molar-refractivity contribution < 1.29 is 14.3 Å². The van der Waals surface area contributed by atoms with Crippen LogP contribution >= 0.6 is 0 Å². The predicted octanol–water partition coefficient (Wildman–Crippen LogP) is 3.97. The summed E-state index contributed by atoms with van der Waals surface area (Å²) < 4.78 is 5.89. The monoisotopic (exact) mass is 467 g/mol. The highest BCUT2D eigenvalue weighted by Crippen LogP contribution is 2.23. The van der Waals surface area contributed by atoms with Crippen molar-refractivity contribution in [2.45, 2.75) is 13.3 Å². The molecule has 0 radical (unpaired) electrons. The summed E-state index contributed by atoms with van der Waals surface area (Å²) in [5.41, 5.74) is 3.25. The van der Waals surface area contributed by atoms with Crippen molar-refractivity contribution in [2.75, 3.05) is 13.6 Å². The summed E-state index contributed by atoms with van der Waals surface area (Å²) in [6.07, 6.45) is 3.71. The van der Waals surface area contributed by atoms with Crippen LogP contribution in [0.4, 0.5) is 0 Å². The van der Waals surface area contributed by atoms with Gasteiger partial charge in [0.2, 0.25) is 0 Å². The van der Waals surface area contributed by atoms with Gasteiger partial charge in [-0.05, 0) is 37.1 Å². The molecule has 35 heavy (non-hydrogen) atoms. The highest BCUT2D eigenvalue weighted by molar-refractivity contribution is 5.95. The molecule has 2 heterocycles. The molecule has 4 aromatic rings. The maximum Gasteiger partial charge on any atom is 0.269 e. The zero-order valence-corrected chi connectivity index (χ0v) is 19.5. The van der Waals surface area contributed by atoms with Crippen LogP contribution in [0.25, 0.3) is 11.4 Å². The van der Waals surface area contributed by atoms with E-state index in [1.807, 2.05) is 54.6 Å². The summed E-state index contributed by atoms with van der Waals surface area (Å²) in [5.74, 6) is 1.23. The molecule has 0 atom stereocenters. The minimum Gasteiger partial charge on any atom is -0.457 e. The number of amides is 2. The number of aryl methyl sites for hydroxylation is 1. The van der Waals surface area contributed by atoms with Crippen molar-refractivity contribution in [3.63, 3.8) is 0 Å². The van der Waals surface area contributed by atoms with Gasteiger partial charge in [-0.3, -0.25) is 14.6 Å². The Morgan fingerprint density at radius 2 is 1.71 bits per heavy atom. The molecule has 0 aliphatic rings. The quantitative estimate of drug-likeness (QED) is 0.406. The van der Waals surface area contributed by atoms with Crippen LogP contribution in [0.15, 0.2) is 79.1 Å². The number of ether oxygens (including phenoxy) is 1. The summed E-state index contributed by atoms with van der Waals surface area (Å²) in [6, 6.07) is 20.5. The van der Waals surface area contributed by atoms with Gasteiger partial charge in [0.05, 0.1) is 11.3 Å². The van der Waals surface area contributed by atoms with Gasteiger partial charge in [-0.25, -0.2) is 9.97 Å². The van der Waals surface area contributed by atoms with E-state index in [1.54, 1.807) is 32.3 Å². The van der Waals surface area contributed by atoms with Gasteiger partial charge in [-0.15, -0.1) is 0 Å². The molecule has 0 bridgehead atoms.